The van der Waals surface area contributed by atoms with Crippen molar-refractivity contribution in [3.05, 3.63) is 94.0 Å². The number of sulfonamides is 1. The number of primary amides is 1. The maximum Gasteiger partial charge on any atom is 0.264 e. The lowest BCUT2D eigenvalue weighted by Gasteiger charge is -2.26. The number of anilines is 1. The van der Waals surface area contributed by atoms with Gasteiger partial charge in [-0.25, -0.2) is 8.42 Å². The number of hydrogen-bond donors (Lipinski definition) is 1. The van der Waals surface area contributed by atoms with E-state index in [1.165, 1.54) is 12.1 Å². The molecule has 0 atom stereocenters. The second-order valence-electron chi connectivity index (χ2n) is 6.33. The fraction of sp³-hybridized carbons (Fsp3) is 0.0952. The summed E-state index contributed by atoms with van der Waals surface area (Å²) in [5, 5.41) is 0.984. The highest BCUT2D eigenvalue weighted by atomic mass is 35.5. The average Bonchev–Trinajstić information content (AvgIpc) is 2.69. The monoisotopic (exact) mass is 448 g/mol. The molecule has 2 N–H and O–H groups in total. The van der Waals surface area contributed by atoms with E-state index in [1.807, 2.05) is 18.2 Å². The third-order valence-electron chi connectivity index (χ3n) is 4.28. The molecular weight excluding hydrogens is 431 g/mol. The molecule has 0 aliphatic rings. The van der Waals surface area contributed by atoms with Crippen LogP contribution in [0.25, 0.3) is 0 Å². The lowest BCUT2D eigenvalue weighted by atomic mass is 10.0. The number of halogens is 2. The fourth-order valence-corrected chi connectivity index (χ4v) is 4.83. The Kier molecular flexibility index (Phi) is 6.47. The highest BCUT2D eigenvalue weighted by Gasteiger charge is 2.28. The number of benzene rings is 3. The summed E-state index contributed by atoms with van der Waals surface area (Å²) < 4.78 is 27.6. The van der Waals surface area contributed by atoms with Crippen LogP contribution in [-0.4, -0.2) is 20.9 Å². The van der Waals surface area contributed by atoms with Crippen LogP contribution < -0.4 is 10.0 Å². The molecule has 5 nitrogen and oxygen atoms in total. The molecule has 150 valence electrons. The predicted molar refractivity (Wildman–Crippen MR) is 116 cm³/mol. The normalized spacial score (nSPS) is 11.2. The van der Waals surface area contributed by atoms with Crippen LogP contribution in [0.2, 0.25) is 10.0 Å². The minimum Gasteiger partial charge on any atom is -0.368 e. The van der Waals surface area contributed by atoms with Gasteiger partial charge in [0.1, 0.15) is 6.54 Å². The summed E-state index contributed by atoms with van der Waals surface area (Å²) in [7, 11) is -4.03. The number of carbonyl (C=O) groups is 1. The van der Waals surface area contributed by atoms with Crippen molar-refractivity contribution in [2.45, 2.75) is 11.3 Å². The molecule has 0 aliphatic heterocycles. The van der Waals surface area contributed by atoms with E-state index in [4.69, 9.17) is 28.9 Å². The molecule has 0 heterocycles. The number of hydrogen-bond acceptors (Lipinski definition) is 3. The van der Waals surface area contributed by atoms with E-state index in [1.54, 1.807) is 42.5 Å². The summed E-state index contributed by atoms with van der Waals surface area (Å²) in [6, 6.07) is 19.9. The van der Waals surface area contributed by atoms with E-state index in [0.29, 0.717) is 27.7 Å². The summed E-state index contributed by atoms with van der Waals surface area (Å²) >= 11 is 12.4. The Labute approximate surface area is 179 Å². The number of amides is 1. The molecule has 0 saturated carbocycles. The van der Waals surface area contributed by atoms with E-state index in [0.717, 1.165) is 9.87 Å². The maximum absolute atomic E-state index is 13.3. The van der Waals surface area contributed by atoms with Gasteiger partial charge in [0.15, 0.2) is 0 Å². The van der Waals surface area contributed by atoms with Gasteiger partial charge >= 0.3 is 0 Å². The molecule has 3 aromatic rings. The predicted octanol–water partition coefficient (Wildman–Crippen LogP) is 4.26. The molecule has 3 aromatic carbocycles. The van der Waals surface area contributed by atoms with E-state index in [2.05, 4.69) is 0 Å². The zero-order valence-electron chi connectivity index (χ0n) is 15.3. The van der Waals surface area contributed by atoms with Gasteiger partial charge in [-0.15, -0.1) is 0 Å². The summed E-state index contributed by atoms with van der Waals surface area (Å²) in [4.78, 5) is 11.8. The van der Waals surface area contributed by atoms with Gasteiger partial charge in [-0.3, -0.25) is 9.10 Å². The molecule has 3 rings (SSSR count). The van der Waals surface area contributed by atoms with Gasteiger partial charge in [0.2, 0.25) is 5.91 Å². The van der Waals surface area contributed by atoms with Gasteiger partial charge < -0.3 is 5.73 Å². The first-order valence-electron chi connectivity index (χ1n) is 8.67. The number of rotatable bonds is 7. The first-order valence-corrected chi connectivity index (χ1v) is 10.9. The lowest BCUT2D eigenvalue weighted by Crippen LogP contribution is -2.39. The van der Waals surface area contributed by atoms with Gasteiger partial charge in [0.05, 0.1) is 10.6 Å². The Morgan fingerprint density at radius 3 is 2.21 bits per heavy atom. The molecule has 0 aromatic heterocycles. The Morgan fingerprint density at radius 1 is 0.897 bits per heavy atom. The first kappa shape index (κ1) is 21.2. The van der Waals surface area contributed by atoms with E-state index in [-0.39, 0.29) is 4.90 Å². The molecule has 0 spiro atoms. The largest absolute Gasteiger partial charge is 0.368 e. The zero-order valence-corrected chi connectivity index (χ0v) is 17.6. The summed E-state index contributed by atoms with van der Waals surface area (Å²) in [5.74, 6) is -0.775. The SMILES string of the molecule is NC(=O)CN(c1ccc(Cl)cc1Cc1ccccc1Cl)S(=O)(=O)c1ccccc1. The van der Waals surface area contributed by atoms with Crippen LogP contribution >= 0.6 is 23.2 Å². The Balaban J connectivity index is 2.14. The number of nitrogens with two attached hydrogens (primary N) is 1. The van der Waals surface area contributed by atoms with Crippen LogP contribution in [0.1, 0.15) is 11.1 Å². The molecule has 0 saturated heterocycles. The Bertz CT molecular complexity index is 1140. The van der Waals surface area contributed by atoms with Gasteiger partial charge in [0, 0.05) is 16.5 Å². The van der Waals surface area contributed by atoms with E-state index in [9.17, 15) is 13.2 Å². The smallest absolute Gasteiger partial charge is 0.264 e. The Hall–Kier alpha value is -2.54. The zero-order chi connectivity index (χ0) is 21.0. The highest BCUT2D eigenvalue weighted by Crippen LogP contribution is 2.32. The molecule has 0 unspecified atom stereocenters. The van der Waals surface area contributed by atoms with Crippen LogP contribution in [0.15, 0.2) is 77.7 Å². The summed E-state index contributed by atoms with van der Waals surface area (Å²) in [6.45, 7) is -0.506. The number of nitrogens with zero attached hydrogens (tertiary/aromatic N) is 1. The minimum atomic E-state index is -4.03. The first-order chi connectivity index (χ1) is 13.8. The second kappa shape index (κ2) is 8.86. The molecule has 1 amide bonds. The van der Waals surface area contributed by atoms with Crippen LogP contribution in [0.4, 0.5) is 5.69 Å². The van der Waals surface area contributed by atoms with E-state index < -0.39 is 22.5 Å². The van der Waals surface area contributed by atoms with Crippen molar-refractivity contribution in [1.29, 1.82) is 0 Å². The van der Waals surface area contributed by atoms with Crippen molar-refractivity contribution >= 4 is 44.8 Å². The van der Waals surface area contributed by atoms with Crippen molar-refractivity contribution in [1.82, 2.24) is 0 Å². The van der Waals surface area contributed by atoms with E-state index >= 15 is 0 Å². The van der Waals surface area contributed by atoms with Gasteiger partial charge in [-0.05, 0) is 47.5 Å². The lowest BCUT2D eigenvalue weighted by molar-refractivity contribution is -0.116. The topological polar surface area (TPSA) is 80.5 Å². The maximum atomic E-state index is 13.3. The quantitative estimate of drug-likeness (QED) is 0.585. The standard InChI is InChI=1S/C21H18Cl2N2O3S/c22-17-10-11-20(16(13-17)12-15-6-4-5-9-19(15)23)25(14-21(24)26)29(27,28)18-7-2-1-3-8-18/h1-11,13H,12,14H2,(H2,24,26). The Morgan fingerprint density at radius 2 is 1.55 bits per heavy atom. The van der Waals surface area contributed by atoms with Crippen LogP contribution in [0, 0.1) is 0 Å². The molecular formula is C21H18Cl2N2O3S. The van der Waals surface area contributed by atoms with Crippen molar-refractivity contribution in [2.75, 3.05) is 10.8 Å². The van der Waals surface area contributed by atoms with Gasteiger partial charge in [0.25, 0.3) is 10.0 Å². The van der Waals surface area contributed by atoms with Crippen molar-refractivity contribution < 1.29 is 13.2 Å². The third-order valence-corrected chi connectivity index (χ3v) is 6.66. The molecule has 0 fully saturated rings. The molecule has 0 radical (unpaired) electrons. The van der Waals surface area contributed by atoms with Crippen LogP contribution in [0.5, 0.6) is 0 Å². The summed E-state index contributed by atoms with van der Waals surface area (Å²) in [6.07, 6.45) is 0.329. The van der Waals surface area contributed by atoms with Crippen molar-refractivity contribution in [3.63, 3.8) is 0 Å². The fourth-order valence-electron chi connectivity index (χ4n) is 2.95. The van der Waals surface area contributed by atoms with Crippen molar-refractivity contribution in [3.8, 4) is 0 Å². The molecule has 29 heavy (non-hydrogen) atoms. The average molecular weight is 449 g/mol. The molecule has 0 bridgehead atoms. The third kappa shape index (κ3) is 4.90. The molecule has 8 heteroatoms. The van der Waals surface area contributed by atoms with Gasteiger partial charge in [-0.2, -0.15) is 0 Å². The number of carbonyl (C=O) groups excluding carboxylic acids is 1. The van der Waals surface area contributed by atoms with Gasteiger partial charge in [-0.1, -0.05) is 59.6 Å². The summed E-state index contributed by atoms with van der Waals surface area (Å²) in [5.41, 5.74) is 7.09. The van der Waals surface area contributed by atoms with Crippen LogP contribution in [0.3, 0.4) is 0 Å². The molecule has 0 aliphatic carbocycles. The second-order valence-corrected chi connectivity index (χ2v) is 9.04. The van der Waals surface area contributed by atoms with Crippen molar-refractivity contribution in [2.24, 2.45) is 5.73 Å². The highest BCUT2D eigenvalue weighted by molar-refractivity contribution is 7.92. The van der Waals surface area contributed by atoms with Crippen LogP contribution in [-0.2, 0) is 21.2 Å². The minimum absolute atomic E-state index is 0.0555.